The van der Waals surface area contributed by atoms with E-state index in [0.29, 0.717) is 22.0 Å². The summed E-state index contributed by atoms with van der Waals surface area (Å²) in [6, 6.07) is 22.5. The Morgan fingerprint density at radius 1 is 0.971 bits per heavy atom. The van der Waals surface area contributed by atoms with E-state index in [1.165, 1.54) is 24.3 Å². The van der Waals surface area contributed by atoms with E-state index in [9.17, 15) is 19.7 Å². The second kappa shape index (κ2) is 8.55. The summed E-state index contributed by atoms with van der Waals surface area (Å²) in [5.41, 5.74) is 2.25. The molecule has 5 rings (SSSR count). The van der Waals surface area contributed by atoms with Crippen molar-refractivity contribution >= 4 is 39.4 Å². The first-order chi connectivity index (χ1) is 16.5. The molecule has 3 aromatic carbocycles. The summed E-state index contributed by atoms with van der Waals surface area (Å²) in [4.78, 5) is 44.2. The number of nitro groups is 1. The Labute approximate surface area is 193 Å². The third kappa shape index (κ3) is 3.86. The Kier molecular flexibility index (Phi) is 5.27. The number of pyridine rings is 2. The molecule has 0 aliphatic heterocycles. The summed E-state index contributed by atoms with van der Waals surface area (Å²) in [5, 5.41) is 12.7. The number of nitrogens with zero attached hydrogens (tertiary/aromatic N) is 2. The average Bonchev–Trinajstić information content (AvgIpc) is 2.86. The van der Waals surface area contributed by atoms with Crippen LogP contribution in [0.3, 0.4) is 0 Å². The summed E-state index contributed by atoms with van der Waals surface area (Å²) in [6.07, 6.45) is 4.70. The van der Waals surface area contributed by atoms with Gasteiger partial charge in [0.25, 0.3) is 11.2 Å². The topological polar surface area (TPSA) is 106 Å². The third-order valence-corrected chi connectivity index (χ3v) is 5.57. The number of carbonyl (C=O) groups excluding carboxylic acids is 1. The monoisotopic (exact) mass is 447 g/mol. The van der Waals surface area contributed by atoms with E-state index in [1.54, 1.807) is 36.5 Å². The predicted molar refractivity (Wildman–Crippen MR) is 132 cm³/mol. The number of hydrogen-bond donors (Lipinski definition) is 1. The number of H-pyrrole nitrogens is 1. The van der Waals surface area contributed by atoms with Crippen LogP contribution in [0.4, 0.5) is 5.69 Å². The number of aromatic amines is 1. The Balaban J connectivity index is 1.67. The van der Waals surface area contributed by atoms with Gasteiger partial charge < -0.3 is 4.98 Å². The first-order valence-electron chi connectivity index (χ1n) is 10.5. The molecule has 7 nitrogen and oxygen atoms in total. The molecule has 2 heterocycles. The Morgan fingerprint density at radius 3 is 2.59 bits per heavy atom. The van der Waals surface area contributed by atoms with Crippen molar-refractivity contribution in [1.82, 2.24) is 9.97 Å². The normalized spacial score (nSPS) is 11.3. The van der Waals surface area contributed by atoms with Crippen LogP contribution in [0.2, 0.25) is 0 Å². The van der Waals surface area contributed by atoms with Crippen LogP contribution in [0.5, 0.6) is 0 Å². The summed E-state index contributed by atoms with van der Waals surface area (Å²) in [6.45, 7) is 0. The Morgan fingerprint density at radius 2 is 1.79 bits per heavy atom. The number of hydrogen-bond acceptors (Lipinski definition) is 5. The molecule has 0 amide bonds. The fourth-order valence-electron chi connectivity index (χ4n) is 3.99. The minimum Gasteiger partial charge on any atom is -0.321 e. The number of nitrogens with one attached hydrogen (secondary N) is 1. The molecule has 1 N–H and O–H groups in total. The zero-order chi connectivity index (χ0) is 23.7. The van der Waals surface area contributed by atoms with E-state index in [4.69, 9.17) is 0 Å². The maximum atomic E-state index is 13.3. The molecule has 0 aliphatic rings. The van der Waals surface area contributed by atoms with E-state index in [2.05, 4.69) is 9.97 Å². The molecular formula is C27H17N3O4. The van der Waals surface area contributed by atoms with Crippen LogP contribution in [0.1, 0.15) is 15.9 Å². The lowest BCUT2D eigenvalue weighted by atomic mass is 9.93. The van der Waals surface area contributed by atoms with E-state index in [1.807, 2.05) is 36.4 Å². The van der Waals surface area contributed by atoms with Crippen molar-refractivity contribution in [1.29, 1.82) is 0 Å². The zero-order valence-electron chi connectivity index (χ0n) is 17.8. The molecule has 0 saturated carbocycles. The summed E-state index contributed by atoms with van der Waals surface area (Å²) >= 11 is 0. The average molecular weight is 447 g/mol. The standard InChI is InChI=1S/C27H17N3O4/c31-24(13-9-17-8-11-22-19(15-17)7-4-14-28-22)26-25(18-5-2-1-3-6-18)21-16-20(30(33)34)10-12-23(21)29-27(26)32/h1-16H,(H,29,32)/b13-9+. The van der Waals surface area contributed by atoms with Gasteiger partial charge in [0, 0.05) is 40.2 Å². The predicted octanol–water partition coefficient (Wildman–Crippen LogP) is 5.55. The van der Waals surface area contributed by atoms with Gasteiger partial charge in [0.2, 0.25) is 0 Å². The second-order valence-electron chi connectivity index (χ2n) is 7.71. The summed E-state index contributed by atoms with van der Waals surface area (Å²) in [7, 11) is 0. The van der Waals surface area contributed by atoms with Gasteiger partial charge in [-0.15, -0.1) is 0 Å². The molecule has 0 aliphatic carbocycles. The molecule has 0 radical (unpaired) electrons. The number of non-ortho nitro benzene ring substituents is 1. The highest BCUT2D eigenvalue weighted by molar-refractivity contribution is 6.15. The molecule has 164 valence electrons. The van der Waals surface area contributed by atoms with Gasteiger partial charge in [-0.2, -0.15) is 0 Å². The maximum absolute atomic E-state index is 13.3. The number of aromatic nitrogens is 2. The van der Waals surface area contributed by atoms with Gasteiger partial charge in [0.1, 0.15) is 0 Å². The van der Waals surface area contributed by atoms with E-state index in [-0.39, 0.29) is 11.3 Å². The molecule has 0 bridgehead atoms. The van der Waals surface area contributed by atoms with Gasteiger partial charge in [0.05, 0.1) is 16.0 Å². The largest absolute Gasteiger partial charge is 0.321 e. The van der Waals surface area contributed by atoms with E-state index < -0.39 is 16.3 Å². The Hall–Kier alpha value is -4.91. The fraction of sp³-hybridized carbons (Fsp3) is 0. The molecule has 0 spiro atoms. The minimum atomic E-state index is -0.558. The van der Waals surface area contributed by atoms with Gasteiger partial charge in [-0.05, 0) is 41.5 Å². The van der Waals surface area contributed by atoms with Crippen LogP contribution in [0.15, 0.2) is 95.9 Å². The smallest absolute Gasteiger partial charge is 0.270 e. The van der Waals surface area contributed by atoms with Gasteiger partial charge in [-0.3, -0.25) is 24.7 Å². The third-order valence-electron chi connectivity index (χ3n) is 5.57. The molecule has 0 unspecified atom stereocenters. The second-order valence-corrected chi connectivity index (χ2v) is 7.71. The number of allylic oxidation sites excluding steroid dienone is 1. The van der Waals surface area contributed by atoms with Crippen molar-refractivity contribution in [3.8, 4) is 11.1 Å². The van der Waals surface area contributed by atoms with Crippen LogP contribution >= 0.6 is 0 Å². The zero-order valence-corrected chi connectivity index (χ0v) is 17.8. The number of carbonyl (C=O) groups is 1. The van der Waals surface area contributed by atoms with Crippen LogP contribution in [0.25, 0.3) is 39.0 Å². The van der Waals surface area contributed by atoms with Crippen molar-refractivity contribution in [2.75, 3.05) is 0 Å². The highest BCUT2D eigenvalue weighted by atomic mass is 16.6. The molecule has 7 heteroatoms. The quantitative estimate of drug-likeness (QED) is 0.165. The lowest BCUT2D eigenvalue weighted by molar-refractivity contribution is -0.384. The molecule has 0 saturated heterocycles. The van der Waals surface area contributed by atoms with E-state index >= 15 is 0 Å². The minimum absolute atomic E-state index is 0.0714. The fourth-order valence-corrected chi connectivity index (χ4v) is 3.99. The molecule has 2 aromatic heterocycles. The SMILES string of the molecule is O=C(/C=C/c1ccc2ncccc2c1)c1c(-c2ccccc2)c2cc([N+](=O)[O-])ccc2[nH]c1=O. The molecule has 0 fully saturated rings. The number of rotatable bonds is 5. The van der Waals surface area contributed by atoms with Gasteiger partial charge >= 0.3 is 0 Å². The molecular weight excluding hydrogens is 430 g/mol. The van der Waals surface area contributed by atoms with Crippen molar-refractivity contribution in [3.05, 3.63) is 123 Å². The number of nitro benzene ring substituents is 1. The van der Waals surface area contributed by atoms with Gasteiger partial charge in [-0.25, -0.2) is 0 Å². The van der Waals surface area contributed by atoms with Crippen molar-refractivity contribution in [3.63, 3.8) is 0 Å². The number of benzene rings is 3. The highest BCUT2D eigenvalue weighted by Gasteiger charge is 2.21. The van der Waals surface area contributed by atoms with Crippen molar-refractivity contribution < 1.29 is 9.72 Å². The van der Waals surface area contributed by atoms with Crippen LogP contribution in [-0.2, 0) is 0 Å². The lowest BCUT2D eigenvalue weighted by Crippen LogP contribution is -2.18. The first kappa shape index (κ1) is 21.0. The number of fused-ring (bicyclic) bond motifs is 2. The number of ketones is 1. The summed E-state index contributed by atoms with van der Waals surface area (Å²) in [5.74, 6) is -0.500. The summed E-state index contributed by atoms with van der Waals surface area (Å²) < 4.78 is 0. The lowest BCUT2D eigenvalue weighted by Gasteiger charge is -2.11. The van der Waals surface area contributed by atoms with Crippen molar-refractivity contribution in [2.24, 2.45) is 0 Å². The molecule has 5 aromatic rings. The van der Waals surface area contributed by atoms with Crippen LogP contribution in [-0.4, -0.2) is 20.7 Å². The van der Waals surface area contributed by atoms with E-state index in [0.717, 1.165) is 16.5 Å². The van der Waals surface area contributed by atoms with Gasteiger partial charge in [0.15, 0.2) is 5.78 Å². The van der Waals surface area contributed by atoms with Gasteiger partial charge in [-0.1, -0.05) is 48.5 Å². The maximum Gasteiger partial charge on any atom is 0.270 e. The first-order valence-corrected chi connectivity index (χ1v) is 10.5. The van der Waals surface area contributed by atoms with Crippen LogP contribution in [0, 0.1) is 10.1 Å². The highest BCUT2D eigenvalue weighted by Crippen LogP contribution is 2.32. The van der Waals surface area contributed by atoms with Crippen LogP contribution < -0.4 is 5.56 Å². The molecule has 34 heavy (non-hydrogen) atoms. The Bertz CT molecular complexity index is 1670. The van der Waals surface area contributed by atoms with Crippen molar-refractivity contribution in [2.45, 2.75) is 0 Å². The molecule has 0 atom stereocenters.